The summed E-state index contributed by atoms with van der Waals surface area (Å²) >= 11 is 0. The van der Waals surface area contributed by atoms with Crippen molar-refractivity contribution < 1.29 is 4.39 Å². The lowest BCUT2D eigenvalue weighted by atomic mass is 9.92. The highest BCUT2D eigenvalue weighted by Gasteiger charge is 2.19. The van der Waals surface area contributed by atoms with Gasteiger partial charge >= 0.3 is 0 Å². The van der Waals surface area contributed by atoms with Gasteiger partial charge in [-0.15, -0.1) is 0 Å². The van der Waals surface area contributed by atoms with Crippen LogP contribution in [0.1, 0.15) is 30.5 Å². The lowest BCUT2D eigenvalue weighted by Crippen LogP contribution is -2.29. The van der Waals surface area contributed by atoms with E-state index >= 15 is 0 Å². The molecule has 1 heterocycles. The average molecular weight is 179 g/mol. The maximum Gasteiger partial charge on any atom is 0.126 e. The van der Waals surface area contributed by atoms with Crippen molar-refractivity contribution in [1.82, 2.24) is 5.32 Å². The lowest BCUT2D eigenvalue weighted by Gasteiger charge is -2.26. The largest absolute Gasteiger partial charge is 0.310 e. The second kappa shape index (κ2) is 3.46. The Balaban J connectivity index is 2.45. The van der Waals surface area contributed by atoms with Crippen LogP contribution < -0.4 is 5.32 Å². The van der Waals surface area contributed by atoms with Gasteiger partial charge in [-0.05, 0) is 36.6 Å². The van der Waals surface area contributed by atoms with Crippen LogP contribution in [0, 0.1) is 5.82 Å². The van der Waals surface area contributed by atoms with Crippen molar-refractivity contribution in [3.63, 3.8) is 0 Å². The Bertz CT molecular complexity index is 309. The van der Waals surface area contributed by atoms with Crippen LogP contribution in [0.3, 0.4) is 0 Å². The molecule has 0 fully saturated rings. The molecule has 2 heteroatoms. The zero-order chi connectivity index (χ0) is 9.26. The standard InChI is InChI=1S/C11H14FN/c1-2-11-9-4-3-5-10(12)8(9)6-7-13-11/h3-5,11,13H,2,6-7H2,1H3. The maximum absolute atomic E-state index is 13.4. The third-order valence-corrected chi connectivity index (χ3v) is 2.70. The molecule has 13 heavy (non-hydrogen) atoms. The van der Waals surface area contributed by atoms with Crippen molar-refractivity contribution in [3.8, 4) is 0 Å². The molecule has 1 aromatic rings. The fraction of sp³-hybridized carbons (Fsp3) is 0.455. The molecule has 0 spiro atoms. The molecule has 0 aliphatic carbocycles. The molecule has 1 unspecified atom stereocenters. The summed E-state index contributed by atoms with van der Waals surface area (Å²) in [5.41, 5.74) is 2.06. The zero-order valence-corrected chi connectivity index (χ0v) is 7.81. The zero-order valence-electron chi connectivity index (χ0n) is 7.81. The van der Waals surface area contributed by atoms with Gasteiger partial charge in [0.05, 0.1) is 0 Å². The number of benzene rings is 1. The van der Waals surface area contributed by atoms with Crippen LogP contribution in [-0.4, -0.2) is 6.54 Å². The van der Waals surface area contributed by atoms with Gasteiger partial charge in [-0.2, -0.15) is 0 Å². The minimum atomic E-state index is -0.0440. The first-order valence-corrected chi connectivity index (χ1v) is 4.83. The Morgan fingerprint density at radius 1 is 1.54 bits per heavy atom. The smallest absolute Gasteiger partial charge is 0.126 e. The molecule has 1 atom stereocenters. The molecule has 0 saturated carbocycles. The van der Waals surface area contributed by atoms with Crippen molar-refractivity contribution >= 4 is 0 Å². The van der Waals surface area contributed by atoms with Crippen molar-refractivity contribution in [2.75, 3.05) is 6.54 Å². The fourth-order valence-corrected chi connectivity index (χ4v) is 2.01. The van der Waals surface area contributed by atoms with Crippen LogP contribution in [-0.2, 0) is 6.42 Å². The number of hydrogen-bond donors (Lipinski definition) is 1. The minimum absolute atomic E-state index is 0.0440. The SMILES string of the molecule is CCC1NCCc2c(F)cccc21. The number of nitrogens with one attached hydrogen (secondary N) is 1. The summed E-state index contributed by atoms with van der Waals surface area (Å²) in [6, 6.07) is 5.72. The van der Waals surface area contributed by atoms with E-state index in [0.717, 1.165) is 30.5 Å². The second-order valence-corrected chi connectivity index (χ2v) is 3.47. The van der Waals surface area contributed by atoms with Crippen molar-refractivity contribution in [3.05, 3.63) is 35.1 Å². The first kappa shape index (κ1) is 8.70. The van der Waals surface area contributed by atoms with Gasteiger partial charge in [0.1, 0.15) is 5.82 Å². The predicted octanol–water partition coefficient (Wildman–Crippen LogP) is 2.42. The van der Waals surface area contributed by atoms with Crippen molar-refractivity contribution in [1.29, 1.82) is 0 Å². The van der Waals surface area contributed by atoms with E-state index in [1.165, 1.54) is 0 Å². The maximum atomic E-state index is 13.4. The molecule has 1 N–H and O–H groups in total. The van der Waals surface area contributed by atoms with E-state index in [9.17, 15) is 4.39 Å². The van der Waals surface area contributed by atoms with Gasteiger partial charge in [0.15, 0.2) is 0 Å². The van der Waals surface area contributed by atoms with Crippen LogP contribution in [0.4, 0.5) is 4.39 Å². The van der Waals surface area contributed by atoms with Gasteiger partial charge in [-0.3, -0.25) is 0 Å². The molecule has 1 aliphatic heterocycles. The van der Waals surface area contributed by atoms with Gasteiger partial charge in [-0.25, -0.2) is 4.39 Å². The molecule has 0 saturated heterocycles. The Kier molecular flexibility index (Phi) is 2.32. The molecular formula is C11H14FN. The minimum Gasteiger partial charge on any atom is -0.310 e. The summed E-state index contributed by atoms with van der Waals surface area (Å²) in [5.74, 6) is -0.0440. The highest BCUT2D eigenvalue weighted by Crippen LogP contribution is 2.26. The number of fused-ring (bicyclic) bond motifs is 1. The summed E-state index contributed by atoms with van der Waals surface area (Å²) < 4.78 is 13.4. The fourth-order valence-electron chi connectivity index (χ4n) is 2.01. The van der Waals surface area contributed by atoms with Gasteiger partial charge in [-0.1, -0.05) is 19.1 Å². The van der Waals surface area contributed by atoms with E-state index in [4.69, 9.17) is 0 Å². The van der Waals surface area contributed by atoms with Crippen molar-refractivity contribution in [2.24, 2.45) is 0 Å². The predicted molar refractivity (Wildman–Crippen MR) is 51.1 cm³/mol. The first-order chi connectivity index (χ1) is 6.33. The van der Waals surface area contributed by atoms with Gasteiger partial charge < -0.3 is 5.32 Å². The first-order valence-electron chi connectivity index (χ1n) is 4.83. The molecule has 0 bridgehead atoms. The monoisotopic (exact) mass is 179 g/mol. The van der Waals surface area contributed by atoms with Crippen LogP contribution in [0.5, 0.6) is 0 Å². The molecule has 0 radical (unpaired) electrons. The van der Waals surface area contributed by atoms with Gasteiger partial charge in [0, 0.05) is 6.04 Å². The molecule has 1 aliphatic rings. The van der Waals surface area contributed by atoms with Crippen LogP contribution >= 0.6 is 0 Å². The molecule has 1 aromatic carbocycles. The van der Waals surface area contributed by atoms with E-state index in [1.54, 1.807) is 12.1 Å². The summed E-state index contributed by atoms with van der Waals surface area (Å²) in [6.07, 6.45) is 1.84. The normalized spacial score (nSPS) is 21.2. The number of rotatable bonds is 1. The molecule has 1 nitrogen and oxygen atoms in total. The van der Waals surface area contributed by atoms with Gasteiger partial charge in [0.2, 0.25) is 0 Å². The van der Waals surface area contributed by atoms with E-state index < -0.39 is 0 Å². The van der Waals surface area contributed by atoms with Crippen LogP contribution in [0.15, 0.2) is 18.2 Å². The molecule has 0 amide bonds. The van der Waals surface area contributed by atoms with E-state index in [2.05, 4.69) is 12.2 Å². The average Bonchev–Trinajstić information content (AvgIpc) is 2.18. The molecule has 70 valence electrons. The number of halogens is 1. The Labute approximate surface area is 78.0 Å². The Hall–Kier alpha value is -0.890. The Morgan fingerprint density at radius 3 is 3.15 bits per heavy atom. The van der Waals surface area contributed by atoms with E-state index in [-0.39, 0.29) is 5.82 Å². The molecule has 0 aromatic heterocycles. The quantitative estimate of drug-likeness (QED) is 0.698. The molecule has 2 rings (SSSR count). The van der Waals surface area contributed by atoms with Crippen LogP contribution in [0.2, 0.25) is 0 Å². The highest BCUT2D eigenvalue weighted by atomic mass is 19.1. The summed E-state index contributed by atoms with van der Waals surface area (Å²) in [6.45, 7) is 3.02. The third-order valence-electron chi connectivity index (χ3n) is 2.70. The summed E-state index contributed by atoms with van der Waals surface area (Å²) in [4.78, 5) is 0. The molecular weight excluding hydrogens is 165 g/mol. The second-order valence-electron chi connectivity index (χ2n) is 3.47. The topological polar surface area (TPSA) is 12.0 Å². The highest BCUT2D eigenvalue weighted by molar-refractivity contribution is 5.33. The van der Waals surface area contributed by atoms with E-state index in [0.29, 0.717) is 6.04 Å². The summed E-state index contributed by atoms with van der Waals surface area (Å²) in [7, 11) is 0. The lowest BCUT2D eigenvalue weighted by molar-refractivity contribution is 0.476. The van der Waals surface area contributed by atoms with Crippen molar-refractivity contribution in [2.45, 2.75) is 25.8 Å². The number of hydrogen-bond acceptors (Lipinski definition) is 1. The Morgan fingerprint density at radius 2 is 2.38 bits per heavy atom. The third kappa shape index (κ3) is 1.46. The summed E-state index contributed by atoms with van der Waals surface area (Å²) in [5, 5.41) is 3.39. The van der Waals surface area contributed by atoms with E-state index in [1.807, 2.05) is 6.07 Å². The van der Waals surface area contributed by atoms with Gasteiger partial charge in [0.25, 0.3) is 0 Å². The van der Waals surface area contributed by atoms with Crippen LogP contribution in [0.25, 0.3) is 0 Å².